The maximum atomic E-state index is 13.6. The number of hydrogen-bond acceptors (Lipinski definition) is 5. The summed E-state index contributed by atoms with van der Waals surface area (Å²) in [5.74, 6) is -3.76. The maximum Gasteiger partial charge on any atom is 0.325 e. The second kappa shape index (κ2) is 7.47. The first-order chi connectivity index (χ1) is 14.5. The zero-order chi connectivity index (χ0) is 22.6. The number of thiophene rings is 1. The van der Waals surface area contributed by atoms with E-state index in [0.29, 0.717) is 4.88 Å². The molecule has 2 aromatic heterocycles. The lowest BCUT2D eigenvalue weighted by atomic mass is 9.80. The Kier molecular flexibility index (Phi) is 5.20. The number of hydrogen-bond donors (Lipinski definition) is 1. The lowest BCUT2D eigenvalue weighted by Gasteiger charge is -2.34. The van der Waals surface area contributed by atoms with Gasteiger partial charge in [-0.2, -0.15) is 0 Å². The average Bonchev–Trinajstić information content (AvgIpc) is 3.13. The van der Waals surface area contributed by atoms with E-state index in [9.17, 15) is 23.2 Å². The highest BCUT2D eigenvalue weighted by atomic mass is 32.1. The van der Waals surface area contributed by atoms with Crippen LogP contribution in [0.25, 0.3) is 11.1 Å². The van der Waals surface area contributed by atoms with Gasteiger partial charge in [0.2, 0.25) is 5.92 Å². The van der Waals surface area contributed by atoms with Gasteiger partial charge in [-0.05, 0) is 50.8 Å². The third-order valence-corrected chi connectivity index (χ3v) is 7.52. The molecule has 0 radical (unpaired) electrons. The highest BCUT2D eigenvalue weighted by Gasteiger charge is 2.55. The second-order valence-electron chi connectivity index (χ2n) is 8.36. The number of halogens is 2. The van der Waals surface area contributed by atoms with Crippen LogP contribution in [-0.4, -0.2) is 45.6 Å². The van der Waals surface area contributed by atoms with Crippen molar-refractivity contribution < 1.29 is 23.2 Å². The molecule has 3 heterocycles. The molecule has 3 amide bonds. The minimum atomic E-state index is -2.83. The van der Waals surface area contributed by atoms with E-state index in [1.165, 1.54) is 11.3 Å². The molecule has 0 unspecified atom stereocenters. The first-order valence-corrected chi connectivity index (χ1v) is 10.9. The predicted molar refractivity (Wildman–Crippen MR) is 112 cm³/mol. The molecular formula is C22H23F2N3O3S. The molecule has 6 nitrogen and oxygen atoms in total. The van der Waals surface area contributed by atoms with Gasteiger partial charge < -0.3 is 5.32 Å². The third-order valence-electron chi connectivity index (χ3n) is 6.27. The van der Waals surface area contributed by atoms with Crippen LogP contribution in [0.15, 0.2) is 18.5 Å². The molecule has 1 aliphatic carbocycles. The molecule has 164 valence electrons. The highest BCUT2D eigenvalue weighted by Crippen LogP contribution is 2.42. The van der Waals surface area contributed by atoms with Crippen molar-refractivity contribution in [2.75, 3.05) is 6.54 Å². The molecule has 1 saturated heterocycles. The summed E-state index contributed by atoms with van der Waals surface area (Å²) in [6.45, 7) is 5.32. The van der Waals surface area contributed by atoms with Gasteiger partial charge in [-0.1, -0.05) is 0 Å². The lowest BCUT2D eigenvalue weighted by molar-refractivity contribution is -0.135. The van der Waals surface area contributed by atoms with Gasteiger partial charge in [0.05, 0.1) is 11.4 Å². The van der Waals surface area contributed by atoms with Crippen LogP contribution in [0.3, 0.4) is 0 Å². The Morgan fingerprint density at radius 3 is 2.52 bits per heavy atom. The van der Waals surface area contributed by atoms with Crippen molar-refractivity contribution in [3.63, 3.8) is 0 Å². The van der Waals surface area contributed by atoms with E-state index in [0.717, 1.165) is 32.0 Å². The number of aryl methyl sites for hydroxylation is 2. The molecule has 2 fully saturated rings. The van der Waals surface area contributed by atoms with Crippen molar-refractivity contribution in [3.05, 3.63) is 39.3 Å². The lowest BCUT2D eigenvalue weighted by Crippen LogP contribution is -2.51. The first kappa shape index (κ1) is 21.5. The fourth-order valence-corrected chi connectivity index (χ4v) is 5.56. The molecule has 4 rings (SSSR count). The molecule has 1 saturated carbocycles. The molecule has 9 heteroatoms. The summed E-state index contributed by atoms with van der Waals surface area (Å²) in [6.07, 6.45) is 2.28. The van der Waals surface area contributed by atoms with Crippen molar-refractivity contribution in [1.82, 2.24) is 15.2 Å². The van der Waals surface area contributed by atoms with Crippen LogP contribution in [-0.2, 0) is 4.79 Å². The summed E-state index contributed by atoms with van der Waals surface area (Å²) in [6, 6.07) is 1.20. The monoisotopic (exact) mass is 447 g/mol. The topological polar surface area (TPSA) is 79.4 Å². The van der Waals surface area contributed by atoms with Gasteiger partial charge >= 0.3 is 6.03 Å². The van der Waals surface area contributed by atoms with E-state index < -0.39 is 42.8 Å². The Balaban J connectivity index is 1.57. The molecule has 1 N–H and O–H groups in total. The fourth-order valence-electron chi connectivity index (χ4n) is 4.46. The molecule has 0 atom stereocenters. The smallest absolute Gasteiger partial charge is 0.323 e. The van der Waals surface area contributed by atoms with E-state index in [1.807, 2.05) is 26.8 Å². The largest absolute Gasteiger partial charge is 0.325 e. The number of nitrogens with zero attached hydrogens (tertiary/aromatic N) is 2. The van der Waals surface area contributed by atoms with Crippen LogP contribution >= 0.6 is 11.3 Å². The second-order valence-corrected chi connectivity index (χ2v) is 9.59. The summed E-state index contributed by atoms with van der Waals surface area (Å²) >= 11 is 1.32. The van der Waals surface area contributed by atoms with Gasteiger partial charge in [0.15, 0.2) is 5.78 Å². The van der Waals surface area contributed by atoms with Gasteiger partial charge in [0.25, 0.3) is 5.91 Å². The minimum absolute atomic E-state index is 0.128. The van der Waals surface area contributed by atoms with E-state index >= 15 is 0 Å². The number of Topliss-reactive ketones (excluding diaryl/α,β-unsaturated/α-hetero) is 1. The van der Waals surface area contributed by atoms with E-state index in [-0.39, 0.29) is 18.6 Å². The van der Waals surface area contributed by atoms with Crippen LogP contribution in [0.4, 0.5) is 13.6 Å². The minimum Gasteiger partial charge on any atom is -0.323 e. The van der Waals surface area contributed by atoms with E-state index in [1.54, 1.807) is 12.4 Å². The number of aromatic nitrogens is 1. The number of pyridine rings is 1. The molecule has 2 aliphatic rings. The SMILES string of the molecule is Cc1ccncc1-c1c(C)sc(C(=O)CN2C(=O)NC3(CCC(F)(F)CC3)C2=O)c1C. The highest BCUT2D eigenvalue weighted by molar-refractivity contribution is 7.14. The van der Waals surface area contributed by atoms with Crippen molar-refractivity contribution in [2.24, 2.45) is 0 Å². The third kappa shape index (κ3) is 3.64. The number of urea groups is 1. The number of ketones is 1. The van der Waals surface area contributed by atoms with Crippen LogP contribution < -0.4 is 5.32 Å². The number of alkyl halides is 2. The van der Waals surface area contributed by atoms with E-state index in [4.69, 9.17) is 0 Å². The standard InChI is InChI=1S/C22H23F2N3O3S/c1-12-4-9-25-10-15(12)17-13(2)18(31-14(17)3)16(28)11-27-19(29)21(26-20(27)30)5-7-22(23,24)8-6-21/h4,9-10H,5-8,11H2,1-3H3,(H,26,30). The van der Waals surface area contributed by atoms with Crippen LogP contribution in [0, 0.1) is 20.8 Å². The predicted octanol–water partition coefficient (Wildman–Crippen LogP) is 4.42. The van der Waals surface area contributed by atoms with Gasteiger partial charge in [0.1, 0.15) is 5.54 Å². The van der Waals surface area contributed by atoms with Crippen molar-refractivity contribution in [3.8, 4) is 11.1 Å². The number of rotatable bonds is 4. The average molecular weight is 448 g/mol. The van der Waals surface area contributed by atoms with Crippen molar-refractivity contribution >= 4 is 29.1 Å². The molecule has 0 bridgehead atoms. The maximum absolute atomic E-state index is 13.6. The normalized spacial score (nSPS) is 19.7. The first-order valence-electron chi connectivity index (χ1n) is 10.1. The van der Waals surface area contributed by atoms with Crippen LogP contribution in [0.5, 0.6) is 0 Å². The Hall–Kier alpha value is -2.68. The number of amides is 3. The Morgan fingerprint density at radius 1 is 1.19 bits per heavy atom. The molecule has 2 aromatic rings. The number of carbonyl (C=O) groups is 3. The molecule has 31 heavy (non-hydrogen) atoms. The molecule has 0 aromatic carbocycles. The summed E-state index contributed by atoms with van der Waals surface area (Å²) in [5, 5.41) is 2.58. The zero-order valence-corrected chi connectivity index (χ0v) is 18.4. The number of nitrogens with one attached hydrogen (secondary N) is 1. The number of imide groups is 1. The molecular weight excluding hydrogens is 424 g/mol. The molecule has 1 spiro atoms. The molecule has 1 aliphatic heterocycles. The Labute approximate surface area is 182 Å². The van der Waals surface area contributed by atoms with Crippen molar-refractivity contribution in [1.29, 1.82) is 0 Å². The summed E-state index contributed by atoms with van der Waals surface area (Å²) in [4.78, 5) is 44.9. The quantitative estimate of drug-likeness (QED) is 0.556. The van der Waals surface area contributed by atoms with Gasteiger partial charge in [-0.25, -0.2) is 13.6 Å². The van der Waals surface area contributed by atoms with Gasteiger partial charge in [-0.15, -0.1) is 11.3 Å². The van der Waals surface area contributed by atoms with E-state index in [2.05, 4.69) is 10.3 Å². The summed E-state index contributed by atoms with van der Waals surface area (Å²) < 4.78 is 27.1. The Bertz CT molecular complexity index is 1090. The summed E-state index contributed by atoms with van der Waals surface area (Å²) in [7, 11) is 0. The number of carbonyl (C=O) groups excluding carboxylic acids is 3. The van der Waals surface area contributed by atoms with Gasteiger partial charge in [0, 0.05) is 41.2 Å². The fraction of sp³-hybridized carbons (Fsp3) is 0.455. The van der Waals surface area contributed by atoms with Gasteiger partial charge in [-0.3, -0.25) is 19.5 Å². The van der Waals surface area contributed by atoms with Crippen molar-refractivity contribution in [2.45, 2.75) is 57.9 Å². The van der Waals surface area contributed by atoms with Crippen LogP contribution in [0.2, 0.25) is 0 Å². The zero-order valence-electron chi connectivity index (χ0n) is 17.6. The van der Waals surface area contributed by atoms with Crippen LogP contribution in [0.1, 0.15) is 51.4 Å². The Morgan fingerprint density at radius 2 is 1.87 bits per heavy atom. The summed E-state index contributed by atoms with van der Waals surface area (Å²) in [5.41, 5.74) is 2.36.